The summed E-state index contributed by atoms with van der Waals surface area (Å²) in [5.41, 5.74) is 0. The number of rotatable bonds is 37. The normalized spacial score (nSPS) is 26.7. The topological polar surface area (TPSA) is 231 Å². The van der Waals surface area contributed by atoms with Gasteiger partial charge in [-0.1, -0.05) is 126 Å². The molecule has 15 heteroatoms. The Morgan fingerprint density at radius 3 is 1.52 bits per heavy atom. The van der Waals surface area contributed by atoms with E-state index < -0.39 is 99.3 Å². The number of unbranched alkanes of at least 4 members (excludes halogenated alkanes) is 13. The van der Waals surface area contributed by atoms with Gasteiger partial charge in [-0.2, -0.15) is 0 Å². The maximum atomic E-state index is 13.0. The van der Waals surface area contributed by atoms with E-state index in [1.807, 2.05) is 6.08 Å². The van der Waals surface area contributed by atoms with Gasteiger partial charge in [-0.25, -0.2) is 0 Å². The molecule has 380 valence electrons. The molecule has 2 aliphatic heterocycles. The molecule has 2 saturated heterocycles. The van der Waals surface area contributed by atoms with Crippen LogP contribution >= 0.6 is 0 Å². The predicted octanol–water partition coefficient (Wildman–Crippen LogP) is 6.49. The van der Waals surface area contributed by atoms with Gasteiger partial charge in [0, 0.05) is 12.8 Å². The molecule has 2 aliphatic rings. The molecule has 7 N–H and O–H groups in total. The Morgan fingerprint density at radius 1 is 0.485 bits per heavy atom. The molecule has 2 heterocycles. The zero-order valence-corrected chi connectivity index (χ0v) is 39.9. The SMILES string of the molecule is CCCCC/C=C/C/C=C/C/C=C/C/C=C/CCCC(=O)OC[C@@H](CO[C@@H]1O[C@H](CO[C@@H]2O[C@H](CO)[C@H](O)C(O)C2O)[C@H](O)C(O)C1O)OC(=O)CCCCC/C=C/CCCCCCCC. The van der Waals surface area contributed by atoms with E-state index in [-0.39, 0.29) is 19.4 Å². The third-order valence-corrected chi connectivity index (χ3v) is 11.5. The third kappa shape index (κ3) is 26.1. The molecule has 11 atom stereocenters. The lowest BCUT2D eigenvalue weighted by molar-refractivity contribution is -0.332. The summed E-state index contributed by atoms with van der Waals surface area (Å²) >= 11 is 0. The Hall–Kier alpha value is -2.80. The van der Waals surface area contributed by atoms with Crippen molar-refractivity contribution in [3.05, 3.63) is 60.8 Å². The average molecular weight is 939 g/mol. The van der Waals surface area contributed by atoms with Crippen LogP contribution in [0.4, 0.5) is 0 Å². The lowest BCUT2D eigenvalue weighted by Crippen LogP contribution is -2.61. The van der Waals surface area contributed by atoms with Crippen LogP contribution in [-0.4, -0.2) is 142 Å². The first-order valence-corrected chi connectivity index (χ1v) is 24.9. The molecule has 0 bridgehead atoms. The standard InChI is InChI=1S/C51H86O15/c1-3-5-7-9-11-13-15-17-18-19-20-22-23-25-27-29-31-33-42(53)61-36-39(64-43(54)34-32-30-28-26-24-21-16-14-12-10-8-6-4-2)37-62-50-49(60)47(58)45(56)41(66-50)38-63-51-48(59)46(57)44(55)40(35-52)65-51/h11,13,17-18,20-22,24-25,27,39-41,44-52,55-60H,3-10,12,14-16,19,23,26,28-38H2,1-2H3/b13-11+,18-17+,22-20+,24-21+,27-25+/t39-,40+,41+,44-,45-,46?,47?,48?,49?,50+,51+/m0/s1. The smallest absolute Gasteiger partial charge is 0.306 e. The molecular formula is C51H86O15. The summed E-state index contributed by atoms with van der Waals surface area (Å²) in [6.07, 6.45) is 25.5. The number of aliphatic hydroxyl groups is 7. The summed E-state index contributed by atoms with van der Waals surface area (Å²) in [6.45, 7) is 2.46. The summed E-state index contributed by atoms with van der Waals surface area (Å²) in [5, 5.41) is 72.0. The zero-order chi connectivity index (χ0) is 48.2. The van der Waals surface area contributed by atoms with Gasteiger partial charge in [0.05, 0.1) is 19.8 Å². The van der Waals surface area contributed by atoms with Crippen molar-refractivity contribution in [1.29, 1.82) is 0 Å². The van der Waals surface area contributed by atoms with Gasteiger partial charge in [0.1, 0.15) is 55.4 Å². The van der Waals surface area contributed by atoms with E-state index in [0.717, 1.165) is 51.4 Å². The first-order chi connectivity index (χ1) is 32.0. The van der Waals surface area contributed by atoms with Crippen molar-refractivity contribution in [2.45, 2.75) is 223 Å². The number of aliphatic hydroxyl groups excluding tert-OH is 7. The van der Waals surface area contributed by atoms with E-state index in [1.54, 1.807) is 0 Å². The summed E-state index contributed by atoms with van der Waals surface area (Å²) in [5.74, 6) is -1.01. The van der Waals surface area contributed by atoms with Crippen LogP contribution in [0.25, 0.3) is 0 Å². The van der Waals surface area contributed by atoms with Gasteiger partial charge in [-0.3, -0.25) is 9.59 Å². The number of hydrogen-bond donors (Lipinski definition) is 7. The fourth-order valence-electron chi connectivity index (χ4n) is 7.32. The molecule has 0 aliphatic carbocycles. The summed E-state index contributed by atoms with van der Waals surface area (Å²) in [6, 6.07) is 0. The Kier molecular flexibility index (Phi) is 34.2. The molecule has 2 fully saturated rings. The van der Waals surface area contributed by atoms with E-state index in [0.29, 0.717) is 19.3 Å². The number of carbonyl (C=O) groups excluding carboxylic acids is 2. The van der Waals surface area contributed by atoms with Gasteiger partial charge >= 0.3 is 11.9 Å². The van der Waals surface area contributed by atoms with Crippen molar-refractivity contribution < 1.29 is 73.8 Å². The highest BCUT2D eigenvalue weighted by Crippen LogP contribution is 2.26. The monoisotopic (exact) mass is 939 g/mol. The van der Waals surface area contributed by atoms with Gasteiger partial charge in [-0.05, 0) is 77.0 Å². The Morgan fingerprint density at radius 2 is 0.924 bits per heavy atom. The van der Waals surface area contributed by atoms with Crippen LogP contribution in [0.5, 0.6) is 0 Å². The van der Waals surface area contributed by atoms with Crippen LogP contribution in [0.3, 0.4) is 0 Å². The number of ether oxygens (including phenoxy) is 6. The van der Waals surface area contributed by atoms with Crippen molar-refractivity contribution in [2.24, 2.45) is 0 Å². The first kappa shape index (κ1) is 59.3. The molecular weight excluding hydrogens is 853 g/mol. The highest BCUT2D eigenvalue weighted by Gasteiger charge is 2.47. The second-order valence-electron chi connectivity index (χ2n) is 17.3. The number of allylic oxidation sites excluding steroid dienone is 10. The van der Waals surface area contributed by atoms with Gasteiger partial charge in [0.15, 0.2) is 18.7 Å². The first-order valence-electron chi connectivity index (χ1n) is 24.9. The van der Waals surface area contributed by atoms with Crippen LogP contribution in [0.15, 0.2) is 60.8 Å². The van der Waals surface area contributed by atoms with E-state index >= 15 is 0 Å². The molecule has 15 nitrogen and oxygen atoms in total. The minimum atomic E-state index is -1.78. The second-order valence-corrected chi connectivity index (χ2v) is 17.3. The highest BCUT2D eigenvalue weighted by atomic mass is 16.7. The Bertz CT molecular complexity index is 1380. The van der Waals surface area contributed by atoms with Gasteiger partial charge in [0.2, 0.25) is 0 Å². The minimum Gasteiger partial charge on any atom is -0.462 e. The highest BCUT2D eigenvalue weighted by molar-refractivity contribution is 5.70. The molecule has 0 aromatic carbocycles. The van der Waals surface area contributed by atoms with Crippen molar-refractivity contribution in [1.82, 2.24) is 0 Å². The molecule has 0 radical (unpaired) electrons. The quantitative estimate of drug-likeness (QED) is 0.0201. The fourth-order valence-corrected chi connectivity index (χ4v) is 7.32. The summed E-state index contributed by atoms with van der Waals surface area (Å²) in [4.78, 5) is 25.7. The fraction of sp³-hybridized carbons (Fsp3) is 0.765. The molecule has 0 amide bonds. The van der Waals surface area contributed by atoms with Gasteiger partial charge in [-0.15, -0.1) is 0 Å². The zero-order valence-electron chi connectivity index (χ0n) is 39.9. The Labute approximate surface area is 394 Å². The van der Waals surface area contributed by atoms with E-state index in [1.165, 1.54) is 57.8 Å². The van der Waals surface area contributed by atoms with Crippen molar-refractivity contribution in [3.63, 3.8) is 0 Å². The van der Waals surface area contributed by atoms with Crippen molar-refractivity contribution in [3.8, 4) is 0 Å². The lowest BCUT2D eigenvalue weighted by Gasteiger charge is -2.42. The van der Waals surface area contributed by atoms with Crippen LogP contribution < -0.4 is 0 Å². The van der Waals surface area contributed by atoms with E-state index in [9.17, 15) is 45.3 Å². The molecule has 0 aromatic rings. The molecule has 66 heavy (non-hydrogen) atoms. The van der Waals surface area contributed by atoms with Crippen molar-refractivity contribution in [2.75, 3.05) is 26.4 Å². The minimum absolute atomic E-state index is 0.131. The van der Waals surface area contributed by atoms with Crippen LogP contribution in [-0.2, 0) is 38.0 Å². The maximum Gasteiger partial charge on any atom is 0.306 e. The molecule has 2 rings (SSSR count). The third-order valence-electron chi connectivity index (χ3n) is 11.5. The second kappa shape index (κ2) is 38.1. The van der Waals surface area contributed by atoms with E-state index in [4.69, 9.17) is 28.4 Å². The summed E-state index contributed by atoms with van der Waals surface area (Å²) < 4.78 is 33.4. The van der Waals surface area contributed by atoms with Crippen LogP contribution in [0, 0.1) is 0 Å². The van der Waals surface area contributed by atoms with Crippen molar-refractivity contribution >= 4 is 11.9 Å². The van der Waals surface area contributed by atoms with Gasteiger partial charge < -0.3 is 64.2 Å². The molecule has 4 unspecified atom stereocenters. The number of esters is 2. The molecule has 0 spiro atoms. The number of carbonyl (C=O) groups is 2. The maximum absolute atomic E-state index is 13.0. The van der Waals surface area contributed by atoms with Gasteiger partial charge in [0.25, 0.3) is 0 Å². The van der Waals surface area contributed by atoms with Crippen LogP contribution in [0.1, 0.15) is 155 Å². The van der Waals surface area contributed by atoms with Crippen LogP contribution in [0.2, 0.25) is 0 Å². The lowest BCUT2D eigenvalue weighted by atomic mass is 9.98. The number of hydrogen-bond acceptors (Lipinski definition) is 15. The summed E-state index contributed by atoms with van der Waals surface area (Å²) in [7, 11) is 0. The Balaban J connectivity index is 1.86. The molecule has 0 saturated carbocycles. The largest absolute Gasteiger partial charge is 0.462 e. The predicted molar refractivity (Wildman–Crippen MR) is 252 cm³/mol. The average Bonchev–Trinajstić information content (AvgIpc) is 3.31. The van der Waals surface area contributed by atoms with E-state index in [2.05, 4.69) is 68.5 Å². The molecule has 0 aromatic heterocycles.